The number of hydrogen-bond acceptors (Lipinski definition) is 2. The number of aromatic nitrogens is 2. The summed E-state index contributed by atoms with van der Waals surface area (Å²) in [5.41, 5.74) is 1.19. The maximum absolute atomic E-state index is 11.5. The molecule has 0 aromatic carbocycles. The Balaban J connectivity index is 2.41. The number of nitrogens with one attached hydrogen (secondary N) is 1. The van der Waals surface area contributed by atoms with Gasteiger partial charge in [0.2, 0.25) is 5.91 Å². The standard InChI is InChI=1S/C14H25N3O/c1-5-8-17-12(4)10-16-13(17)6-7-15-14(18)9-11(2)3/h10-11H,5-9H2,1-4H3,(H,15,18). The number of amides is 1. The van der Waals surface area contributed by atoms with E-state index in [0.717, 1.165) is 25.2 Å². The van der Waals surface area contributed by atoms with Crippen molar-refractivity contribution < 1.29 is 4.79 Å². The summed E-state index contributed by atoms with van der Waals surface area (Å²) in [6, 6.07) is 0. The molecule has 18 heavy (non-hydrogen) atoms. The maximum atomic E-state index is 11.5. The van der Waals surface area contributed by atoms with E-state index in [2.05, 4.69) is 42.6 Å². The van der Waals surface area contributed by atoms with Gasteiger partial charge in [-0.1, -0.05) is 20.8 Å². The summed E-state index contributed by atoms with van der Waals surface area (Å²) in [5.74, 6) is 1.61. The lowest BCUT2D eigenvalue weighted by Crippen LogP contribution is -2.27. The molecule has 0 saturated carbocycles. The quantitative estimate of drug-likeness (QED) is 0.808. The summed E-state index contributed by atoms with van der Waals surface area (Å²) in [7, 11) is 0. The number of carbonyl (C=O) groups excluding carboxylic acids is 1. The van der Waals surface area contributed by atoms with Gasteiger partial charge in [0.1, 0.15) is 5.82 Å². The summed E-state index contributed by atoms with van der Waals surface area (Å²) in [6.45, 7) is 10.0. The van der Waals surface area contributed by atoms with E-state index >= 15 is 0 Å². The largest absolute Gasteiger partial charge is 0.356 e. The van der Waals surface area contributed by atoms with Crippen LogP contribution in [0.1, 0.15) is 45.1 Å². The molecule has 0 radical (unpaired) electrons. The fraction of sp³-hybridized carbons (Fsp3) is 0.714. The van der Waals surface area contributed by atoms with Gasteiger partial charge in [-0.3, -0.25) is 4.79 Å². The van der Waals surface area contributed by atoms with Gasteiger partial charge in [-0.05, 0) is 19.3 Å². The van der Waals surface area contributed by atoms with E-state index < -0.39 is 0 Å². The van der Waals surface area contributed by atoms with E-state index in [1.54, 1.807) is 0 Å². The van der Waals surface area contributed by atoms with Crippen LogP contribution in [0.3, 0.4) is 0 Å². The molecule has 1 aromatic heterocycles. The van der Waals surface area contributed by atoms with Crippen molar-refractivity contribution in [3.63, 3.8) is 0 Å². The predicted octanol–water partition coefficient (Wildman–Crippen LogP) is 2.31. The summed E-state index contributed by atoms with van der Waals surface area (Å²) < 4.78 is 2.23. The van der Waals surface area contributed by atoms with E-state index in [0.29, 0.717) is 18.9 Å². The first-order chi connectivity index (χ1) is 8.54. The zero-order valence-corrected chi connectivity index (χ0v) is 12.0. The number of nitrogens with zero attached hydrogens (tertiary/aromatic N) is 2. The van der Waals surface area contributed by atoms with Gasteiger partial charge in [0.15, 0.2) is 0 Å². The first-order valence-electron chi connectivity index (χ1n) is 6.82. The van der Waals surface area contributed by atoms with Crippen molar-refractivity contribution in [3.8, 4) is 0 Å². The molecule has 0 bridgehead atoms. The molecule has 1 N–H and O–H groups in total. The Kier molecular flexibility index (Phi) is 5.89. The number of hydrogen-bond donors (Lipinski definition) is 1. The average Bonchev–Trinajstić information content (AvgIpc) is 2.61. The molecule has 1 heterocycles. The molecule has 1 aromatic rings. The number of imidazole rings is 1. The predicted molar refractivity (Wildman–Crippen MR) is 73.4 cm³/mol. The van der Waals surface area contributed by atoms with Crippen molar-refractivity contribution in [1.82, 2.24) is 14.9 Å². The zero-order valence-electron chi connectivity index (χ0n) is 12.0. The second-order valence-electron chi connectivity index (χ2n) is 5.17. The van der Waals surface area contributed by atoms with Crippen molar-refractivity contribution in [1.29, 1.82) is 0 Å². The fourth-order valence-corrected chi connectivity index (χ4v) is 2.00. The SMILES string of the molecule is CCCn1c(C)cnc1CCNC(=O)CC(C)C. The van der Waals surface area contributed by atoms with Gasteiger partial charge in [-0.2, -0.15) is 0 Å². The van der Waals surface area contributed by atoms with E-state index in [9.17, 15) is 4.79 Å². The van der Waals surface area contributed by atoms with Crippen LogP contribution in [0.15, 0.2) is 6.20 Å². The minimum Gasteiger partial charge on any atom is -0.356 e. The topological polar surface area (TPSA) is 46.9 Å². The molecule has 0 spiro atoms. The first kappa shape index (κ1) is 14.7. The molecular weight excluding hydrogens is 226 g/mol. The molecule has 0 aliphatic rings. The summed E-state index contributed by atoms with van der Waals surface area (Å²) in [6.07, 6.45) is 4.41. The van der Waals surface area contributed by atoms with Crippen molar-refractivity contribution in [2.75, 3.05) is 6.54 Å². The smallest absolute Gasteiger partial charge is 0.220 e. The highest BCUT2D eigenvalue weighted by molar-refractivity contribution is 5.75. The monoisotopic (exact) mass is 251 g/mol. The number of carbonyl (C=O) groups is 1. The van der Waals surface area contributed by atoms with E-state index in [4.69, 9.17) is 0 Å². The van der Waals surface area contributed by atoms with E-state index in [-0.39, 0.29) is 5.91 Å². The molecule has 1 rings (SSSR count). The highest BCUT2D eigenvalue weighted by Crippen LogP contribution is 2.06. The highest BCUT2D eigenvalue weighted by atomic mass is 16.1. The van der Waals surface area contributed by atoms with Crippen LogP contribution in [0.5, 0.6) is 0 Å². The van der Waals surface area contributed by atoms with Crippen LogP contribution in [-0.4, -0.2) is 22.0 Å². The normalized spacial score (nSPS) is 10.9. The molecule has 0 aliphatic heterocycles. The minimum absolute atomic E-state index is 0.135. The summed E-state index contributed by atoms with van der Waals surface area (Å²) in [4.78, 5) is 15.9. The second-order valence-corrected chi connectivity index (χ2v) is 5.17. The van der Waals surface area contributed by atoms with Crippen LogP contribution < -0.4 is 5.32 Å². The van der Waals surface area contributed by atoms with Crippen LogP contribution in [-0.2, 0) is 17.8 Å². The lowest BCUT2D eigenvalue weighted by molar-refractivity contribution is -0.121. The molecule has 4 nitrogen and oxygen atoms in total. The van der Waals surface area contributed by atoms with E-state index in [1.807, 2.05) is 6.20 Å². The van der Waals surface area contributed by atoms with Gasteiger partial charge < -0.3 is 9.88 Å². The van der Waals surface area contributed by atoms with Crippen molar-refractivity contribution >= 4 is 5.91 Å². The molecule has 102 valence electrons. The maximum Gasteiger partial charge on any atom is 0.220 e. The Morgan fingerprint density at radius 1 is 1.50 bits per heavy atom. The second kappa shape index (κ2) is 7.19. The van der Waals surface area contributed by atoms with Crippen LogP contribution in [0.25, 0.3) is 0 Å². The van der Waals surface area contributed by atoms with Crippen LogP contribution in [0, 0.1) is 12.8 Å². The average molecular weight is 251 g/mol. The van der Waals surface area contributed by atoms with Crippen molar-refractivity contribution in [2.24, 2.45) is 5.92 Å². The van der Waals surface area contributed by atoms with Gasteiger partial charge in [0.05, 0.1) is 0 Å². The van der Waals surface area contributed by atoms with Gasteiger partial charge in [-0.25, -0.2) is 4.98 Å². The van der Waals surface area contributed by atoms with Crippen LogP contribution in [0.4, 0.5) is 0 Å². The lowest BCUT2D eigenvalue weighted by Gasteiger charge is -2.10. The molecule has 0 aliphatic carbocycles. The van der Waals surface area contributed by atoms with E-state index in [1.165, 1.54) is 5.69 Å². The Hall–Kier alpha value is -1.32. The molecule has 0 unspecified atom stereocenters. The minimum atomic E-state index is 0.135. The Labute approximate surface area is 110 Å². The Morgan fingerprint density at radius 2 is 2.22 bits per heavy atom. The molecule has 0 saturated heterocycles. The van der Waals surface area contributed by atoms with Crippen molar-refractivity contribution in [2.45, 2.75) is 53.5 Å². The van der Waals surface area contributed by atoms with Gasteiger partial charge in [0, 0.05) is 37.8 Å². The van der Waals surface area contributed by atoms with Gasteiger partial charge in [-0.15, -0.1) is 0 Å². The third kappa shape index (κ3) is 4.51. The first-order valence-corrected chi connectivity index (χ1v) is 6.82. The third-order valence-corrected chi connectivity index (χ3v) is 2.85. The number of aryl methyl sites for hydroxylation is 1. The van der Waals surface area contributed by atoms with Crippen molar-refractivity contribution in [3.05, 3.63) is 17.7 Å². The zero-order chi connectivity index (χ0) is 13.5. The highest BCUT2D eigenvalue weighted by Gasteiger charge is 2.07. The molecule has 4 heteroatoms. The molecule has 0 atom stereocenters. The Bertz CT molecular complexity index is 382. The molecular formula is C14H25N3O. The number of rotatable bonds is 7. The van der Waals surface area contributed by atoms with Crippen LogP contribution in [0.2, 0.25) is 0 Å². The van der Waals surface area contributed by atoms with Gasteiger partial charge >= 0.3 is 0 Å². The lowest BCUT2D eigenvalue weighted by atomic mass is 10.1. The van der Waals surface area contributed by atoms with Crippen LogP contribution >= 0.6 is 0 Å². The molecule has 1 amide bonds. The Morgan fingerprint density at radius 3 is 2.83 bits per heavy atom. The fourth-order valence-electron chi connectivity index (χ4n) is 2.00. The van der Waals surface area contributed by atoms with Gasteiger partial charge in [0.25, 0.3) is 0 Å². The summed E-state index contributed by atoms with van der Waals surface area (Å²) in [5, 5.41) is 2.95. The third-order valence-electron chi connectivity index (χ3n) is 2.85. The molecule has 0 fully saturated rings. The summed E-state index contributed by atoms with van der Waals surface area (Å²) >= 11 is 0.